The lowest BCUT2D eigenvalue weighted by Crippen LogP contribution is -3.15. The van der Waals surface area contributed by atoms with Crippen molar-refractivity contribution in [2.24, 2.45) is 0 Å². The van der Waals surface area contributed by atoms with Gasteiger partial charge in [0, 0.05) is 11.8 Å². The van der Waals surface area contributed by atoms with E-state index >= 15 is 0 Å². The van der Waals surface area contributed by atoms with E-state index in [4.69, 9.17) is 0 Å². The normalized spacial score (nSPS) is 19.0. The van der Waals surface area contributed by atoms with Crippen LogP contribution in [0.15, 0.2) is 42.6 Å². The van der Waals surface area contributed by atoms with Crippen molar-refractivity contribution in [3.8, 4) is 0 Å². The number of para-hydroxylation sites is 1. The first-order valence-electron chi connectivity index (χ1n) is 9.76. The number of nitrogens with zero attached hydrogens (tertiary/aromatic N) is 3. The summed E-state index contributed by atoms with van der Waals surface area (Å²) in [5.74, 6) is 0.942. The van der Waals surface area contributed by atoms with Gasteiger partial charge in [-0.05, 0) is 25.0 Å². The molecule has 6 nitrogen and oxygen atoms in total. The monoisotopic (exact) mass is 354 g/mol. The SMILES string of the molecule is O=C(C[NH+]1CCN(c2ccccc2)CC1)Nc1ccnn1C1CCCC1. The topological polar surface area (TPSA) is 54.6 Å². The Hall–Kier alpha value is -2.34. The van der Waals surface area contributed by atoms with Crippen LogP contribution in [0.3, 0.4) is 0 Å². The fraction of sp³-hybridized carbons (Fsp3) is 0.500. The summed E-state index contributed by atoms with van der Waals surface area (Å²) in [6.07, 6.45) is 6.63. The Bertz CT molecular complexity index is 715. The molecule has 1 saturated heterocycles. The van der Waals surface area contributed by atoms with E-state index in [1.807, 2.05) is 16.8 Å². The van der Waals surface area contributed by atoms with Crippen molar-refractivity contribution >= 4 is 17.4 Å². The second-order valence-corrected chi connectivity index (χ2v) is 7.40. The van der Waals surface area contributed by atoms with Crippen molar-refractivity contribution in [1.29, 1.82) is 0 Å². The second-order valence-electron chi connectivity index (χ2n) is 7.40. The molecule has 1 saturated carbocycles. The molecule has 0 unspecified atom stereocenters. The Labute approximate surface area is 154 Å². The highest BCUT2D eigenvalue weighted by molar-refractivity contribution is 5.90. The Morgan fingerprint density at radius 1 is 1.12 bits per heavy atom. The summed E-state index contributed by atoms with van der Waals surface area (Å²) in [4.78, 5) is 16.3. The minimum absolute atomic E-state index is 0.0907. The number of amides is 1. The summed E-state index contributed by atoms with van der Waals surface area (Å²) in [7, 11) is 0. The highest BCUT2D eigenvalue weighted by atomic mass is 16.2. The van der Waals surface area contributed by atoms with E-state index in [0.29, 0.717) is 12.6 Å². The van der Waals surface area contributed by atoms with Crippen LogP contribution in [0.2, 0.25) is 0 Å². The molecule has 2 heterocycles. The van der Waals surface area contributed by atoms with Crippen LogP contribution in [-0.4, -0.2) is 48.4 Å². The Morgan fingerprint density at radius 2 is 1.85 bits per heavy atom. The van der Waals surface area contributed by atoms with Crippen molar-refractivity contribution in [2.45, 2.75) is 31.7 Å². The number of benzene rings is 1. The van der Waals surface area contributed by atoms with Gasteiger partial charge in [0.25, 0.3) is 5.91 Å². The molecule has 2 aromatic rings. The quantitative estimate of drug-likeness (QED) is 0.852. The van der Waals surface area contributed by atoms with Crippen molar-refractivity contribution < 1.29 is 9.69 Å². The first-order valence-corrected chi connectivity index (χ1v) is 9.76. The fourth-order valence-electron chi connectivity index (χ4n) is 4.16. The van der Waals surface area contributed by atoms with Gasteiger partial charge in [-0.3, -0.25) is 4.79 Å². The zero-order valence-corrected chi connectivity index (χ0v) is 15.2. The van der Waals surface area contributed by atoms with Crippen molar-refractivity contribution in [3.63, 3.8) is 0 Å². The average molecular weight is 354 g/mol. The molecular weight excluding hydrogens is 326 g/mol. The standard InChI is InChI=1S/C20H27N5O/c26-20(22-19-10-11-21-25(19)18-8-4-5-9-18)16-23-12-14-24(15-13-23)17-6-2-1-3-7-17/h1-3,6-7,10-11,18H,4-5,8-9,12-16H2,(H,22,26)/p+1. The highest BCUT2D eigenvalue weighted by Gasteiger charge is 2.24. The number of nitrogens with one attached hydrogen (secondary N) is 2. The van der Waals surface area contributed by atoms with Crippen LogP contribution in [0.5, 0.6) is 0 Å². The van der Waals surface area contributed by atoms with Crippen LogP contribution >= 0.6 is 0 Å². The molecule has 6 heteroatoms. The van der Waals surface area contributed by atoms with Crippen molar-refractivity contribution in [1.82, 2.24) is 9.78 Å². The molecule has 4 rings (SSSR count). The predicted molar refractivity (Wildman–Crippen MR) is 103 cm³/mol. The lowest BCUT2D eigenvalue weighted by molar-refractivity contribution is -0.892. The number of piperazine rings is 1. The van der Waals surface area contributed by atoms with Gasteiger partial charge in [-0.25, -0.2) is 4.68 Å². The summed E-state index contributed by atoms with van der Waals surface area (Å²) in [5.41, 5.74) is 1.27. The molecule has 2 aliphatic rings. The van der Waals surface area contributed by atoms with Gasteiger partial charge in [0.05, 0.1) is 38.4 Å². The largest absolute Gasteiger partial charge is 0.360 e. The average Bonchev–Trinajstić information content (AvgIpc) is 3.34. The Balaban J connectivity index is 1.28. The number of quaternary nitrogens is 1. The van der Waals surface area contributed by atoms with E-state index < -0.39 is 0 Å². The molecule has 1 aliphatic heterocycles. The number of rotatable bonds is 5. The molecule has 2 fully saturated rings. The lowest BCUT2D eigenvalue weighted by atomic mass is 10.2. The molecule has 1 aliphatic carbocycles. The van der Waals surface area contributed by atoms with E-state index in [9.17, 15) is 4.79 Å². The number of carbonyl (C=O) groups excluding carboxylic acids is 1. The van der Waals surface area contributed by atoms with Gasteiger partial charge in [-0.2, -0.15) is 5.10 Å². The third kappa shape index (κ3) is 3.90. The van der Waals surface area contributed by atoms with Gasteiger partial charge in [0.1, 0.15) is 5.82 Å². The molecule has 26 heavy (non-hydrogen) atoms. The molecule has 0 spiro atoms. The van der Waals surface area contributed by atoms with E-state index in [2.05, 4.69) is 39.6 Å². The van der Waals surface area contributed by atoms with E-state index in [1.54, 1.807) is 6.20 Å². The maximum atomic E-state index is 12.5. The minimum atomic E-state index is 0.0907. The second kappa shape index (κ2) is 7.91. The molecular formula is C20H28N5O+. The van der Waals surface area contributed by atoms with Crippen molar-refractivity contribution in [2.75, 3.05) is 42.9 Å². The maximum Gasteiger partial charge on any atom is 0.280 e. The Kier molecular flexibility index (Phi) is 5.20. The minimum Gasteiger partial charge on any atom is -0.360 e. The van der Waals surface area contributed by atoms with E-state index in [-0.39, 0.29) is 5.91 Å². The number of anilines is 2. The van der Waals surface area contributed by atoms with E-state index in [0.717, 1.165) is 44.8 Å². The predicted octanol–water partition coefficient (Wildman–Crippen LogP) is 1.34. The molecule has 0 radical (unpaired) electrons. The third-order valence-corrected chi connectivity index (χ3v) is 5.61. The number of aromatic nitrogens is 2. The highest BCUT2D eigenvalue weighted by Crippen LogP contribution is 2.31. The maximum absolute atomic E-state index is 12.5. The molecule has 138 valence electrons. The summed E-state index contributed by atoms with van der Waals surface area (Å²) >= 11 is 0. The first kappa shape index (κ1) is 17.1. The summed E-state index contributed by atoms with van der Waals surface area (Å²) in [6.45, 7) is 4.49. The Morgan fingerprint density at radius 3 is 2.58 bits per heavy atom. The lowest BCUT2D eigenvalue weighted by Gasteiger charge is -2.33. The van der Waals surface area contributed by atoms with E-state index in [1.165, 1.54) is 23.4 Å². The third-order valence-electron chi connectivity index (χ3n) is 5.61. The number of carbonyl (C=O) groups is 1. The van der Waals surface area contributed by atoms with Gasteiger partial charge < -0.3 is 15.1 Å². The molecule has 1 aromatic carbocycles. The summed E-state index contributed by atoms with van der Waals surface area (Å²) in [5, 5.41) is 7.51. The van der Waals surface area contributed by atoms with Crippen LogP contribution in [0.4, 0.5) is 11.5 Å². The smallest absolute Gasteiger partial charge is 0.280 e. The first-order chi connectivity index (χ1) is 12.8. The van der Waals surface area contributed by atoms with Crippen molar-refractivity contribution in [3.05, 3.63) is 42.6 Å². The zero-order chi connectivity index (χ0) is 17.8. The van der Waals surface area contributed by atoms with Crippen LogP contribution in [0, 0.1) is 0 Å². The number of hydrogen-bond donors (Lipinski definition) is 2. The van der Waals surface area contributed by atoms with Crippen LogP contribution in [0.1, 0.15) is 31.7 Å². The number of hydrogen-bond acceptors (Lipinski definition) is 3. The van der Waals surface area contributed by atoms with Gasteiger partial charge in [-0.1, -0.05) is 31.0 Å². The van der Waals surface area contributed by atoms with Gasteiger partial charge >= 0.3 is 0 Å². The van der Waals surface area contributed by atoms with Crippen LogP contribution in [0.25, 0.3) is 0 Å². The summed E-state index contributed by atoms with van der Waals surface area (Å²) < 4.78 is 2.01. The molecule has 0 atom stereocenters. The molecule has 2 N–H and O–H groups in total. The van der Waals surface area contributed by atoms with Gasteiger partial charge in [0.15, 0.2) is 6.54 Å². The van der Waals surface area contributed by atoms with Crippen LogP contribution in [-0.2, 0) is 4.79 Å². The molecule has 1 amide bonds. The summed E-state index contributed by atoms with van der Waals surface area (Å²) in [6, 6.07) is 12.9. The van der Waals surface area contributed by atoms with Gasteiger partial charge in [0.2, 0.25) is 0 Å². The zero-order valence-electron chi connectivity index (χ0n) is 15.2. The fourth-order valence-corrected chi connectivity index (χ4v) is 4.16. The van der Waals surface area contributed by atoms with Crippen LogP contribution < -0.4 is 15.1 Å². The molecule has 0 bridgehead atoms. The molecule has 1 aromatic heterocycles. The van der Waals surface area contributed by atoms with Gasteiger partial charge in [-0.15, -0.1) is 0 Å².